The summed E-state index contributed by atoms with van der Waals surface area (Å²) in [6.07, 6.45) is 3.11. The first-order valence-corrected chi connectivity index (χ1v) is 6.35. The van der Waals surface area contributed by atoms with Crippen LogP contribution in [-0.2, 0) is 6.42 Å². The van der Waals surface area contributed by atoms with Gasteiger partial charge in [-0.15, -0.1) is 0 Å². The molecule has 3 nitrogen and oxygen atoms in total. The average Bonchev–Trinajstić information content (AvgIpc) is 2.37. The molecule has 0 bridgehead atoms. The van der Waals surface area contributed by atoms with E-state index < -0.39 is 0 Å². The van der Waals surface area contributed by atoms with Gasteiger partial charge in [-0.05, 0) is 37.0 Å². The highest BCUT2D eigenvalue weighted by Gasteiger charge is 2.19. The molecule has 1 amide bonds. The summed E-state index contributed by atoms with van der Waals surface area (Å²) in [4.78, 5) is 14.1. The van der Waals surface area contributed by atoms with Crippen molar-refractivity contribution in [1.82, 2.24) is 4.90 Å². The van der Waals surface area contributed by atoms with Crippen molar-refractivity contribution in [2.24, 2.45) is 0 Å². The molecule has 1 aliphatic rings. The minimum absolute atomic E-state index is 0.146. The fraction of sp³-hybridized carbons (Fsp3) is 0.500. The van der Waals surface area contributed by atoms with Crippen molar-refractivity contribution in [3.8, 4) is 0 Å². The Balaban J connectivity index is 2.29. The zero-order valence-electron chi connectivity index (χ0n) is 10.6. The average molecular weight is 232 g/mol. The zero-order valence-corrected chi connectivity index (χ0v) is 10.6. The van der Waals surface area contributed by atoms with Crippen LogP contribution in [0.25, 0.3) is 0 Å². The highest BCUT2D eigenvalue weighted by molar-refractivity contribution is 5.97. The van der Waals surface area contributed by atoms with Crippen molar-refractivity contribution in [2.45, 2.75) is 26.2 Å². The summed E-state index contributed by atoms with van der Waals surface area (Å²) in [5.74, 6) is 0.146. The number of hydrogen-bond acceptors (Lipinski definition) is 2. The second kappa shape index (κ2) is 5.21. The summed E-state index contributed by atoms with van der Waals surface area (Å²) in [5, 5.41) is 3.36. The van der Waals surface area contributed by atoms with Crippen LogP contribution in [0, 0.1) is 0 Å². The molecule has 0 aromatic heterocycles. The van der Waals surface area contributed by atoms with Gasteiger partial charge in [0.15, 0.2) is 0 Å². The summed E-state index contributed by atoms with van der Waals surface area (Å²) < 4.78 is 0. The van der Waals surface area contributed by atoms with Crippen molar-refractivity contribution in [2.75, 3.05) is 25.5 Å². The van der Waals surface area contributed by atoms with E-state index in [0.717, 1.165) is 43.6 Å². The van der Waals surface area contributed by atoms with Crippen LogP contribution in [0.15, 0.2) is 18.2 Å². The minimum Gasteiger partial charge on any atom is -0.385 e. The SMILES string of the molecule is CCCN(C)C(=O)c1cccc2c1CCCN2. The van der Waals surface area contributed by atoms with Gasteiger partial charge in [0.05, 0.1) is 0 Å². The number of amides is 1. The first-order chi connectivity index (χ1) is 8.24. The van der Waals surface area contributed by atoms with Gasteiger partial charge in [-0.25, -0.2) is 0 Å². The van der Waals surface area contributed by atoms with E-state index >= 15 is 0 Å². The van der Waals surface area contributed by atoms with Crippen molar-refractivity contribution < 1.29 is 4.79 Å². The lowest BCUT2D eigenvalue weighted by Gasteiger charge is -2.23. The minimum atomic E-state index is 0.146. The molecule has 1 aliphatic heterocycles. The van der Waals surface area contributed by atoms with E-state index in [2.05, 4.69) is 18.3 Å². The van der Waals surface area contributed by atoms with E-state index in [0.29, 0.717) is 0 Å². The van der Waals surface area contributed by atoms with E-state index in [1.165, 1.54) is 5.56 Å². The van der Waals surface area contributed by atoms with E-state index in [9.17, 15) is 4.79 Å². The number of nitrogens with zero attached hydrogens (tertiary/aromatic N) is 1. The molecule has 0 aliphatic carbocycles. The normalized spacial score (nSPS) is 13.8. The van der Waals surface area contributed by atoms with Crippen molar-refractivity contribution in [3.63, 3.8) is 0 Å². The monoisotopic (exact) mass is 232 g/mol. The molecule has 3 heteroatoms. The largest absolute Gasteiger partial charge is 0.385 e. The molecule has 0 radical (unpaired) electrons. The van der Waals surface area contributed by atoms with Gasteiger partial charge in [0.25, 0.3) is 5.91 Å². The number of rotatable bonds is 3. The molecule has 1 heterocycles. The molecule has 0 fully saturated rings. The Hall–Kier alpha value is -1.51. The number of nitrogens with one attached hydrogen (secondary N) is 1. The Kier molecular flexibility index (Phi) is 3.67. The lowest BCUT2D eigenvalue weighted by molar-refractivity contribution is 0.0794. The quantitative estimate of drug-likeness (QED) is 0.868. The second-order valence-corrected chi connectivity index (χ2v) is 4.59. The maximum Gasteiger partial charge on any atom is 0.253 e. The molecule has 1 N–H and O–H groups in total. The number of hydrogen-bond donors (Lipinski definition) is 1. The smallest absolute Gasteiger partial charge is 0.253 e. The molecule has 0 saturated heterocycles. The topological polar surface area (TPSA) is 32.3 Å². The van der Waals surface area contributed by atoms with E-state index in [-0.39, 0.29) is 5.91 Å². The van der Waals surface area contributed by atoms with Gasteiger partial charge in [-0.1, -0.05) is 13.0 Å². The Morgan fingerprint density at radius 2 is 2.29 bits per heavy atom. The third-order valence-corrected chi connectivity index (χ3v) is 3.23. The summed E-state index contributed by atoms with van der Waals surface area (Å²) in [7, 11) is 1.88. The molecule has 0 atom stereocenters. The van der Waals surface area contributed by atoms with Crippen LogP contribution in [0.4, 0.5) is 5.69 Å². The summed E-state index contributed by atoms with van der Waals surface area (Å²) in [6.45, 7) is 3.91. The van der Waals surface area contributed by atoms with E-state index in [1.807, 2.05) is 24.1 Å². The molecule has 0 unspecified atom stereocenters. The Labute approximate surface area is 103 Å². The first-order valence-electron chi connectivity index (χ1n) is 6.35. The summed E-state index contributed by atoms with van der Waals surface area (Å²) >= 11 is 0. The molecular formula is C14H20N2O. The predicted octanol–water partition coefficient (Wildman–Crippen LogP) is 2.53. The van der Waals surface area contributed by atoms with Crippen LogP contribution < -0.4 is 5.32 Å². The van der Waals surface area contributed by atoms with Crippen LogP contribution in [0.5, 0.6) is 0 Å². The van der Waals surface area contributed by atoms with Crippen molar-refractivity contribution >= 4 is 11.6 Å². The number of anilines is 1. The fourth-order valence-corrected chi connectivity index (χ4v) is 2.35. The van der Waals surface area contributed by atoms with Crippen LogP contribution in [-0.4, -0.2) is 30.9 Å². The fourth-order valence-electron chi connectivity index (χ4n) is 2.35. The van der Waals surface area contributed by atoms with Crippen LogP contribution >= 0.6 is 0 Å². The highest BCUT2D eigenvalue weighted by atomic mass is 16.2. The van der Waals surface area contributed by atoms with Crippen molar-refractivity contribution in [3.05, 3.63) is 29.3 Å². The third kappa shape index (κ3) is 2.43. The van der Waals surface area contributed by atoms with Crippen LogP contribution in [0.3, 0.4) is 0 Å². The third-order valence-electron chi connectivity index (χ3n) is 3.23. The molecule has 1 aromatic carbocycles. The maximum absolute atomic E-state index is 12.3. The Bertz CT molecular complexity index is 415. The standard InChI is InChI=1S/C14H20N2O/c1-3-10-16(2)14(17)12-6-4-8-13-11(12)7-5-9-15-13/h4,6,8,15H,3,5,7,9-10H2,1-2H3. The van der Waals surface area contributed by atoms with Gasteiger partial charge >= 0.3 is 0 Å². The van der Waals surface area contributed by atoms with Crippen LogP contribution in [0.2, 0.25) is 0 Å². The number of fused-ring (bicyclic) bond motifs is 1. The summed E-state index contributed by atoms with van der Waals surface area (Å²) in [6, 6.07) is 5.97. The van der Waals surface area contributed by atoms with Gasteiger partial charge in [-0.2, -0.15) is 0 Å². The number of benzene rings is 1. The van der Waals surface area contributed by atoms with E-state index in [4.69, 9.17) is 0 Å². The van der Waals surface area contributed by atoms with Crippen LogP contribution in [0.1, 0.15) is 35.7 Å². The van der Waals surface area contributed by atoms with Gasteiger partial charge < -0.3 is 10.2 Å². The lowest BCUT2D eigenvalue weighted by atomic mass is 9.97. The second-order valence-electron chi connectivity index (χ2n) is 4.59. The number of carbonyl (C=O) groups excluding carboxylic acids is 1. The Morgan fingerprint density at radius 3 is 3.06 bits per heavy atom. The van der Waals surface area contributed by atoms with E-state index in [1.54, 1.807) is 0 Å². The number of carbonyl (C=O) groups is 1. The van der Waals surface area contributed by atoms with Crippen molar-refractivity contribution in [1.29, 1.82) is 0 Å². The van der Waals surface area contributed by atoms with Gasteiger partial charge in [-0.3, -0.25) is 4.79 Å². The molecule has 1 aromatic rings. The molecule has 92 valence electrons. The van der Waals surface area contributed by atoms with Gasteiger partial charge in [0.2, 0.25) is 0 Å². The molecule has 0 saturated carbocycles. The molecule has 2 rings (SSSR count). The predicted molar refractivity (Wildman–Crippen MR) is 70.5 cm³/mol. The lowest BCUT2D eigenvalue weighted by Crippen LogP contribution is -2.29. The summed E-state index contributed by atoms with van der Waals surface area (Å²) in [5.41, 5.74) is 3.18. The van der Waals surface area contributed by atoms with Gasteiger partial charge in [0.1, 0.15) is 0 Å². The maximum atomic E-state index is 12.3. The molecular weight excluding hydrogens is 212 g/mol. The molecule has 17 heavy (non-hydrogen) atoms. The first kappa shape index (κ1) is 12.0. The Morgan fingerprint density at radius 1 is 1.47 bits per heavy atom. The highest BCUT2D eigenvalue weighted by Crippen LogP contribution is 2.26. The van der Waals surface area contributed by atoms with Gasteiger partial charge in [0, 0.05) is 31.4 Å². The molecule has 0 spiro atoms. The zero-order chi connectivity index (χ0) is 12.3.